The standard InChI is InChI=1S/C16H21ClN4OS/c1-11-9-20-15(23-11)6-7-19-16(18-2)21-10-12-4-5-13(17)8-14(12)22-3/h4-5,8-9H,6-7,10H2,1-3H3,(H2,18,19,21). The molecule has 5 nitrogen and oxygen atoms in total. The molecule has 0 spiro atoms. The van der Waals surface area contributed by atoms with Gasteiger partial charge in [-0.3, -0.25) is 4.99 Å². The zero-order valence-corrected chi connectivity index (χ0v) is 15.1. The van der Waals surface area contributed by atoms with Crippen molar-refractivity contribution in [3.63, 3.8) is 0 Å². The molecule has 0 saturated carbocycles. The predicted octanol–water partition coefficient (Wildman–Crippen LogP) is 3.02. The van der Waals surface area contributed by atoms with Gasteiger partial charge in [-0.25, -0.2) is 4.98 Å². The number of halogens is 1. The number of nitrogens with one attached hydrogen (secondary N) is 2. The van der Waals surface area contributed by atoms with Crippen molar-refractivity contribution in [2.75, 3.05) is 20.7 Å². The number of aliphatic imine (C=N–C) groups is 1. The Morgan fingerprint density at radius 1 is 1.39 bits per heavy atom. The molecule has 23 heavy (non-hydrogen) atoms. The van der Waals surface area contributed by atoms with Crippen molar-refractivity contribution < 1.29 is 4.74 Å². The Hall–Kier alpha value is -1.79. The fourth-order valence-electron chi connectivity index (χ4n) is 2.07. The Kier molecular flexibility index (Phi) is 6.67. The van der Waals surface area contributed by atoms with Crippen LogP contribution >= 0.6 is 22.9 Å². The van der Waals surface area contributed by atoms with Crippen LogP contribution in [0.3, 0.4) is 0 Å². The van der Waals surface area contributed by atoms with Gasteiger partial charge in [-0.1, -0.05) is 17.7 Å². The minimum Gasteiger partial charge on any atom is -0.496 e. The van der Waals surface area contributed by atoms with Gasteiger partial charge in [-0.05, 0) is 19.1 Å². The summed E-state index contributed by atoms with van der Waals surface area (Å²) in [6.45, 7) is 3.45. The number of aryl methyl sites for hydroxylation is 1. The molecule has 2 rings (SSSR count). The van der Waals surface area contributed by atoms with E-state index in [1.54, 1.807) is 31.6 Å². The van der Waals surface area contributed by atoms with Crippen molar-refractivity contribution in [2.45, 2.75) is 19.9 Å². The summed E-state index contributed by atoms with van der Waals surface area (Å²) in [6.07, 6.45) is 2.78. The van der Waals surface area contributed by atoms with Gasteiger partial charge in [0.05, 0.1) is 12.1 Å². The van der Waals surface area contributed by atoms with E-state index in [-0.39, 0.29) is 0 Å². The van der Waals surface area contributed by atoms with Gasteiger partial charge >= 0.3 is 0 Å². The highest BCUT2D eigenvalue weighted by molar-refractivity contribution is 7.11. The van der Waals surface area contributed by atoms with Crippen LogP contribution in [0.25, 0.3) is 0 Å². The largest absolute Gasteiger partial charge is 0.496 e. The summed E-state index contributed by atoms with van der Waals surface area (Å²) in [5.41, 5.74) is 1.02. The maximum Gasteiger partial charge on any atom is 0.191 e. The molecule has 0 aliphatic carbocycles. The number of guanidine groups is 1. The lowest BCUT2D eigenvalue weighted by Crippen LogP contribution is -2.37. The maximum absolute atomic E-state index is 5.97. The van der Waals surface area contributed by atoms with Crippen LogP contribution in [-0.4, -0.2) is 31.6 Å². The molecule has 0 fully saturated rings. The third-order valence-corrected chi connectivity index (χ3v) is 4.43. The fourth-order valence-corrected chi connectivity index (χ4v) is 3.02. The van der Waals surface area contributed by atoms with Gasteiger partial charge in [0.1, 0.15) is 5.75 Å². The summed E-state index contributed by atoms with van der Waals surface area (Å²) in [4.78, 5) is 9.81. The second-order valence-electron chi connectivity index (χ2n) is 4.92. The molecule has 0 amide bonds. The second-order valence-corrected chi connectivity index (χ2v) is 6.68. The number of hydrogen-bond acceptors (Lipinski definition) is 4. The van der Waals surface area contributed by atoms with Gasteiger partial charge in [0, 0.05) is 48.2 Å². The molecule has 1 aromatic heterocycles. The zero-order valence-electron chi connectivity index (χ0n) is 13.5. The van der Waals surface area contributed by atoms with Crippen LogP contribution in [0.4, 0.5) is 0 Å². The highest BCUT2D eigenvalue weighted by atomic mass is 35.5. The van der Waals surface area contributed by atoms with E-state index in [1.807, 2.05) is 18.3 Å². The van der Waals surface area contributed by atoms with E-state index in [2.05, 4.69) is 27.5 Å². The third kappa shape index (κ3) is 5.41. The normalized spacial score (nSPS) is 11.4. The minimum absolute atomic E-state index is 0.608. The SMILES string of the molecule is CN=C(NCCc1ncc(C)s1)NCc1ccc(Cl)cc1OC. The molecule has 2 N–H and O–H groups in total. The first-order chi connectivity index (χ1) is 11.1. The Morgan fingerprint density at radius 2 is 2.22 bits per heavy atom. The van der Waals surface area contributed by atoms with Crippen LogP contribution in [0, 0.1) is 6.92 Å². The average Bonchev–Trinajstić information content (AvgIpc) is 2.96. The fraction of sp³-hybridized carbons (Fsp3) is 0.375. The monoisotopic (exact) mass is 352 g/mol. The second kappa shape index (κ2) is 8.74. The van der Waals surface area contributed by atoms with Crippen LogP contribution in [0.5, 0.6) is 5.75 Å². The molecule has 0 atom stereocenters. The number of hydrogen-bond donors (Lipinski definition) is 2. The molecule has 0 aliphatic rings. The number of rotatable bonds is 6. The molecule has 1 heterocycles. The van der Waals surface area contributed by atoms with Crippen molar-refractivity contribution in [1.82, 2.24) is 15.6 Å². The van der Waals surface area contributed by atoms with E-state index in [9.17, 15) is 0 Å². The van der Waals surface area contributed by atoms with Gasteiger partial charge < -0.3 is 15.4 Å². The highest BCUT2D eigenvalue weighted by Crippen LogP contribution is 2.22. The van der Waals surface area contributed by atoms with Crippen LogP contribution in [-0.2, 0) is 13.0 Å². The molecule has 1 aromatic carbocycles. The van der Waals surface area contributed by atoms with Crippen LogP contribution in [0.15, 0.2) is 29.4 Å². The van der Waals surface area contributed by atoms with Crippen molar-refractivity contribution in [2.24, 2.45) is 4.99 Å². The average molecular weight is 353 g/mol. The molecule has 0 radical (unpaired) electrons. The Morgan fingerprint density at radius 3 is 2.87 bits per heavy atom. The molecule has 0 aliphatic heterocycles. The van der Waals surface area contributed by atoms with Gasteiger partial charge in [0.15, 0.2) is 5.96 Å². The Balaban J connectivity index is 1.83. The lowest BCUT2D eigenvalue weighted by atomic mass is 10.2. The molecule has 124 valence electrons. The maximum atomic E-state index is 5.97. The number of nitrogens with zero attached hydrogens (tertiary/aromatic N) is 2. The van der Waals surface area contributed by atoms with E-state index in [0.717, 1.165) is 35.2 Å². The number of ether oxygens (including phenoxy) is 1. The number of benzene rings is 1. The number of aromatic nitrogens is 1. The summed E-state index contributed by atoms with van der Waals surface area (Å²) in [6, 6.07) is 5.60. The van der Waals surface area contributed by atoms with E-state index in [4.69, 9.17) is 16.3 Å². The molecule has 0 unspecified atom stereocenters. The summed E-state index contributed by atoms with van der Waals surface area (Å²) in [7, 11) is 3.39. The van der Waals surface area contributed by atoms with E-state index >= 15 is 0 Å². The Labute approximate surface area is 145 Å². The van der Waals surface area contributed by atoms with Gasteiger partial charge in [-0.2, -0.15) is 0 Å². The molecule has 2 aromatic rings. The lowest BCUT2D eigenvalue weighted by molar-refractivity contribution is 0.409. The highest BCUT2D eigenvalue weighted by Gasteiger charge is 2.05. The van der Waals surface area contributed by atoms with Gasteiger partial charge in [0.2, 0.25) is 0 Å². The van der Waals surface area contributed by atoms with E-state index < -0.39 is 0 Å². The smallest absolute Gasteiger partial charge is 0.191 e. The zero-order chi connectivity index (χ0) is 16.7. The first-order valence-electron chi connectivity index (χ1n) is 7.30. The van der Waals surface area contributed by atoms with Crippen molar-refractivity contribution in [3.05, 3.63) is 44.9 Å². The van der Waals surface area contributed by atoms with Crippen molar-refractivity contribution in [1.29, 1.82) is 0 Å². The van der Waals surface area contributed by atoms with Gasteiger partial charge in [-0.15, -0.1) is 11.3 Å². The molecule has 0 bridgehead atoms. The van der Waals surface area contributed by atoms with Crippen molar-refractivity contribution >= 4 is 28.9 Å². The van der Waals surface area contributed by atoms with E-state index in [1.165, 1.54) is 4.88 Å². The van der Waals surface area contributed by atoms with Gasteiger partial charge in [0.25, 0.3) is 0 Å². The van der Waals surface area contributed by atoms with Crippen LogP contribution in [0.1, 0.15) is 15.4 Å². The lowest BCUT2D eigenvalue weighted by Gasteiger charge is -2.13. The summed E-state index contributed by atoms with van der Waals surface area (Å²) < 4.78 is 5.34. The first-order valence-corrected chi connectivity index (χ1v) is 8.50. The quantitative estimate of drug-likeness (QED) is 0.619. The molecular formula is C16H21ClN4OS. The summed E-state index contributed by atoms with van der Waals surface area (Å²) in [5.74, 6) is 1.51. The first kappa shape index (κ1) is 17.6. The predicted molar refractivity (Wildman–Crippen MR) is 96.8 cm³/mol. The molecular weight excluding hydrogens is 332 g/mol. The Bertz CT molecular complexity index is 672. The van der Waals surface area contributed by atoms with Crippen LogP contribution < -0.4 is 15.4 Å². The van der Waals surface area contributed by atoms with Crippen molar-refractivity contribution in [3.8, 4) is 5.75 Å². The summed E-state index contributed by atoms with van der Waals surface area (Å²) >= 11 is 7.70. The number of thiazole rings is 1. The summed E-state index contributed by atoms with van der Waals surface area (Å²) in [5, 5.41) is 8.34. The topological polar surface area (TPSA) is 58.5 Å². The molecule has 7 heteroatoms. The van der Waals surface area contributed by atoms with E-state index in [0.29, 0.717) is 11.6 Å². The molecule has 0 saturated heterocycles. The third-order valence-electron chi connectivity index (χ3n) is 3.22. The van der Waals surface area contributed by atoms with Crippen LogP contribution in [0.2, 0.25) is 5.02 Å². The number of methoxy groups -OCH3 is 1. The minimum atomic E-state index is 0.608.